The average Bonchev–Trinajstić information content (AvgIpc) is 2.55. The largest absolute Gasteiger partial charge is 0.497 e. The van der Waals surface area contributed by atoms with Crippen molar-refractivity contribution in [2.24, 2.45) is 0 Å². The standard InChI is InChI=1S/C19H24N2O2S/c1-19(2,13-14-8-6-5-7-9-14)21-18(24)20-16-11-10-15(22-3)12-17(16)23-4/h5-12H,13H2,1-4H3,(H2,20,21,24). The summed E-state index contributed by atoms with van der Waals surface area (Å²) in [5.41, 5.74) is 1.89. The molecule has 0 spiro atoms. The van der Waals surface area contributed by atoms with E-state index in [1.165, 1.54) is 5.56 Å². The summed E-state index contributed by atoms with van der Waals surface area (Å²) in [5.74, 6) is 1.42. The molecular formula is C19H24N2O2S. The van der Waals surface area contributed by atoms with E-state index in [4.69, 9.17) is 21.7 Å². The molecule has 0 bridgehead atoms. The van der Waals surface area contributed by atoms with Gasteiger partial charge in [0, 0.05) is 11.6 Å². The fourth-order valence-corrected chi connectivity index (χ4v) is 2.90. The SMILES string of the molecule is COc1ccc(NC(=S)NC(C)(C)Cc2ccccc2)c(OC)c1. The van der Waals surface area contributed by atoms with Gasteiger partial charge < -0.3 is 20.1 Å². The summed E-state index contributed by atoms with van der Waals surface area (Å²) in [6.07, 6.45) is 0.870. The van der Waals surface area contributed by atoms with E-state index in [0.717, 1.165) is 17.9 Å². The number of ether oxygens (including phenoxy) is 2. The van der Waals surface area contributed by atoms with Gasteiger partial charge in [-0.3, -0.25) is 0 Å². The first-order valence-corrected chi connectivity index (χ1v) is 8.19. The quantitative estimate of drug-likeness (QED) is 0.775. The van der Waals surface area contributed by atoms with Gasteiger partial charge >= 0.3 is 0 Å². The zero-order chi connectivity index (χ0) is 17.6. The third-order valence-electron chi connectivity index (χ3n) is 3.60. The fourth-order valence-electron chi connectivity index (χ4n) is 2.51. The predicted octanol–water partition coefficient (Wildman–Crippen LogP) is 4.01. The first-order valence-electron chi connectivity index (χ1n) is 7.78. The number of methoxy groups -OCH3 is 2. The fraction of sp³-hybridized carbons (Fsp3) is 0.316. The minimum Gasteiger partial charge on any atom is -0.497 e. The number of hydrogen-bond acceptors (Lipinski definition) is 3. The molecule has 128 valence electrons. The maximum Gasteiger partial charge on any atom is 0.171 e. The lowest BCUT2D eigenvalue weighted by Crippen LogP contribution is -2.47. The highest BCUT2D eigenvalue weighted by atomic mass is 32.1. The van der Waals surface area contributed by atoms with Crippen LogP contribution in [0.5, 0.6) is 11.5 Å². The van der Waals surface area contributed by atoms with Crippen LogP contribution in [-0.4, -0.2) is 24.9 Å². The summed E-state index contributed by atoms with van der Waals surface area (Å²) < 4.78 is 10.6. The summed E-state index contributed by atoms with van der Waals surface area (Å²) in [6.45, 7) is 4.25. The Morgan fingerprint density at radius 1 is 1.04 bits per heavy atom. The van der Waals surface area contributed by atoms with Crippen LogP contribution in [0.2, 0.25) is 0 Å². The zero-order valence-corrected chi connectivity index (χ0v) is 15.4. The van der Waals surface area contributed by atoms with Crippen LogP contribution in [-0.2, 0) is 6.42 Å². The highest BCUT2D eigenvalue weighted by molar-refractivity contribution is 7.80. The summed E-state index contributed by atoms with van der Waals surface area (Å²) in [6, 6.07) is 15.9. The van der Waals surface area contributed by atoms with Crippen molar-refractivity contribution in [2.75, 3.05) is 19.5 Å². The van der Waals surface area contributed by atoms with E-state index < -0.39 is 0 Å². The molecule has 0 saturated heterocycles. The van der Waals surface area contributed by atoms with E-state index in [1.54, 1.807) is 14.2 Å². The Kier molecular flexibility index (Phi) is 6.04. The van der Waals surface area contributed by atoms with Gasteiger partial charge in [0.2, 0.25) is 0 Å². The Morgan fingerprint density at radius 3 is 2.38 bits per heavy atom. The molecule has 2 N–H and O–H groups in total. The van der Waals surface area contributed by atoms with E-state index in [0.29, 0.717) is 10.9 Å². The van der Waals surface area contributed by atoms with E-state index >= 15 is 0 Å². The van der Waals surface area contributed by atoms with Gasteiger partial charge in [-0.1, -0.05) is 30.3 Å². The molecule has 24 heavy (non-hydrogen) atoms. The highest BCUT2D eigenvalue weighted by Crippen LogP contribution is 2.29. The summed E-state index contributed by atoms with van der Waals surface area (Å²) in [4.78, 5) is 0. The average molecular weight is 344 g/mol. The van der Waals surface area contributed by atoms with E-state index in [-0.39, 0.29) is 5.54 Å². The number of hydrogen-bond donors (Lipinski definition) is 2. The molecule has 0 radical (unpaired) electrons. The van der Waals surface area contributed by atoms with E-state index in [1.807, 2.05) is 36.4 Å². The van der Waals surface area contributed by atoms with Crippen LogP contribution < -0.4 is 20.1 Å². The van der Waals surface area contributed by atoms with Crippen molar-refractivity contribution in [3.05, 3.63) is 54.1 Å². The minimum atomic E-state index is -0.175. The normalized spacial score (nSPS) is 10.8. The Hall–Kier alpha value is -2.27. The van der Waals surface area contributed by atoms with Crippen LogP contribution in [0.3, 0.4) is 0 Å². The van der Waals surface area contributed by atoms with Gasteiger partial charge in [0.05, 0.1) is 19.9 Å². The molecule has 0 aliphatic carbocycles. The molecule has 0 aliphatic heterocycles. The number of thiocarbonyl (C=S) groups is 1. The van der Waals surface area contributed by atoms with Gasteiger partial charge in [0.1, 0.15) is 11.5 Å². The van der Waals surface area contributed by atoms with Crippen LogP contribution in [0, 0.1) is 0 Å². The summed E-state index contributed by atoms with van der Waals surface area (Å²) in [5, 5.41) is 7.12. The van der Waals surface area contributed by atoms with Gasteiger partial charge in [-0.25, -0.2) is 0 Å². The molecule has 0 unspecified atom stereocenters. The second-order valence-corrected chi connectivity index (χ2v) is 6.60. The number of anilines is 1. The third-order valence-corrected chi connectivity index (χ3v) is 3.80. The minimum absolute atomic E-state index is 0.175. The van der Waals surface area contributed by atoms with Crippen molar-refractivity contribution in [2.45, 2.75) is 25.8 Å². The van der Waals surface area contributed by atoms with Gasteiger partial charge in [-0.2, -0.15) is 0 Å². The Bertz CT molecular complexity index is 687. The monoisotopic (exact) mass is 344 g/mol. The summed E-state index contributed by atoms with van der Waals surface area (Å²) in [7, 11) is 3.25. The Balaban J connectivity index is 2.02. The molecule has 0 saturated carbocycles. The van der Waals surface area contributed by atoms with Gasteiger partial charge in [0.15, 0.2) is 5.11 Å². The molecule has 0 fully saturated rings. The molecule has 5 heteroatoms. The van der Waals surface area contributed by atoms with Crippen molar-refractivity contribution < 1.29 is 9.47 Å². The topological polar surface area (TPSA) is 42.5 Å². The van der Waals surface area contributed by atoms with Crippen LogP contribution in [0.15, 0.2) is 48.5 Å². The maximum atomic E-state index is 5.46. The molecule has 2 aromatic carbocycles. The maximum absolute atomic E-state index is 5.46. The number of nitrogens with one attached hydrogen (secondary N) is 2. The lowest BCUT2D eigenvalue weighted by atomic mass is 9.95. The summed E-state index contributed by atoms with van der Waals surface area (Å²) >= 11 is 5.46. The molecule has 0 heterocycles. The van der Waals surface area contributed by atoms with Crippen molar-refractivity contribution in [3.63, 3.8) is 0 Å². The molecule has 0 atom stereocenters. The van der Waals surface area contributed by atoms with Crippen LogP contribution in [0.25, 0.3) is 0 Å². The molecule has 2 rings (SSSR count). The lowest BCUT2D eigenvalue weighted by molar-refractivity contribution is 0.395. The van der Waals surface area contributed by atoms with E-state index in [9.17, 15) is 0 Å². The number of rotatable bonds is 6. The highest BCUT2D eigenvalue weighted by Gasteiger charge is 2.20. The van der Waals surface area contributed by atoms with Gasteiger partial charge in [-0.15, -0.1) is 0 Å². The lowest BCUT2D eigenvalue weighted by Gasteiger charge is -2.28. The molecule has 0 aromatic heterocycles. The van der Waals surface area contributed by atoms with Crippen molar-refractivity contribution in [1.82, 2.24) is 5.32 Å². The Morgan fingerprint density at radius 2 is 1.75 bits per heavy atom. The van der Waals surface area contributed by atoms with Crippen LogP contribution in [0.4, 0.5) is 5.69 Å². The molecular weight excluding hydrogens is 320 g/mol. The van der Waals surface area contributed by atoms with Gasteiger partial charge in [0.25, 0.3) is 0 Å². The first kappa shape index (κ1) is 18.1. The zero-order valence-electron chi connectivity index (χ0n) is 14.6. The smallest absolute Gasteiger partial charge is 0.171 e. The van der Waals surface area contributed by atoms with Crippen LogP contribution in [0.1, 0.15) is 19.4 Å². The van der Waals surface area contributed by atoms with Crippen molar-refractivity contribution >= 4 is 23.0 Å². The van der Waals surface area contributed by atoms with Crippen molar-refractivity contribution in [3.8, 4) is 11.5 Å². The molecule has 4 nitrogen and oxygen atoms in total. The van der Waals surface area contributed by atoms with Crippen molar-refractivity contribution in [1.29, 1.82) is 0 Å². The Labute approximate surface area is 149 Å². The van der Waals surface area contributed by atoms with E-state index in [2.05, 4.69) is 36.6 Å². The second kappa shape index (κ2) is 8.02. The second-order valence-electron chi connectivity index (χ2n) is 6.19. The number of benzene rings is 2. The van der Waals surface area contributed by atoms with Crippen LogP contribution >= 0.6 is 12.2 Å². The van der Waals surface area contributed by atoms with Gasteiger partial charge in [-0.05, 0) is 50.2 Å². The molecule has 2 aromatic rings. The molecule has 0 aliphatic rings. The third kappa shape index (κ3) is 5.13. The molecule has 0 amide bonds. The first-order chi connectivity index (χ1) is 11.4. The predicted molar refractivity (Wildman–Crippen MR) is 103 cm³/mol.